The van der Waals surface area contributed by atoms with E-state index in [1.807, 2.05) is 0 Å². The van der Waals surface area contributed by atoms with Crippen LogP contribution in [-0.2, 0) is 14.4 Å². The van der Waals surface area contributed by atoms with Crippen LogP contribution < -0.4 is 10.6 Å². The molecule has 0 saturated carbocycles. The highest BCUT2D eigenvalue weighted by Gasteiger charge is 2.25. The number of aliphatic carboxylic acids is 2. The number of carboxylic acids is 2. The zero-order chi connectivity index (χ0) is 15.0. The number of amides is 3. The average Bonchev–Trinajstić information content (AvgIpc) is 2.33. The Bertz CT molecular complexity index is 370. The molecule has 0 aliphatic heterocycles. The highest BCUT2D eigenvalue weighted by Crippen LogP contribution is 1.96. The van der Waals surface area contributed by atoms with E-state index < -0.39 is 36.3 Å². The van der Waals surface area contributed by atoms with Crippen LogP contribution in [0.4, 0.5) is 4.79 Å². The zero-order valence-corrected chi connectivity index (χ0v) is 10.7. The first-order valence-corrected chi connectivity index (χ1v) is 5.52. The van der Waals surface area contributed by atoms with E-state index in [0.717, 1.165) is 4.90 Å². The standard InChI is InChI=1S/C10H17N3O6/c1-3-13(5-7(14)11-2)10(19)12-6(9(17)18)4-8(15)16/h6H,3-5H2,1-2H3,(H,11,14)(H,12,19)(H,15,16)(H,17,18)/t6-/m0/s1. The van der Waals surface area contributed by atoms with Gasteiger partial charge in [-0.05, 0) is 6.92 Å². The summed E-state index contributed by atoms with van der Waals surface area (Å²) in [6.45, 7) is 1.55. The first kappa shape index (κ1) is 16.7. The number of hydrogen-bond acceptors (Lipinski definition) is 4. The van der Waals surface area contributed by atoms with Gasteiger partial charge in [-0.25, -0.2) is 9.59 Å². The third-order valence-electron chi connectivity index (χ3n) is 2.26. The minimum atomic E-state index is -1.54. The van der Waals surface area contributed by atoms with Gasteiger partial charge in [0.15, 0.2) is 0 Å². The van der Waals surface area contributed by atoms with Crippen LogP contribution in [0.3, 0.4) is 0 Å². The molecule has 0 rings (SSSR count). The predicted molar refractivity (Wildman–Crippen MR) is 63.5 cm³/mol. The van der Waals surface area contributed by atoms with Crippen molar-refractivity contribution in [3.8, 4) is 0 Å². The van der Waals surface area contributed by atoms with Gasteiger partial charge in [-0.15, -0.1) is 0 Å². The highest BCUT2D eigenvalue weighted by atomic mass is 16.4. The van der Waals surface area contributed by atoms with Crippen LogP contribution in [0.1, 0.15) is 13.3 Å². The van der Waals surface area contributed by atoms with E-state index in [9.17, 15) is 19.2 Å². The number of urea groups is 1. The van der Waals surface area contributed by atoms with Gasteiger partial charge in [0.05, 0.1) is 6.42 Å². The van der Waals surface area contributed by atoms with Crippen LogP contribution >= 0.6 is 0 Å². The molecule has 9 heteroatoms. The molecule has 4 N–H and O–H groups in total. The molecule has 9 nitrogen and oxygen atoms in total. The van der Waals surface area contributed by atoms with Crippen molar-refractivity contribution < 1.29 is 29.4 Å². The number of carbonyl (C=O) groups is 4. The molecule has 108 valence electrons. The summed E-state index contributed by atoms with van der Waals surface area (Å²) in [5, 5.41) is 21.7. The summed E-state index contributed by atoms with van der Waals surface area (Å²) in [5.41, 5.74) is 0. The van der Waals surface area contributed by atoms with Gasteiger partial charge in [0, 0.05) is 13.6 Å². The fourth-order valence-electron chi connectivity index (χ4n) is 1.19. The lowest BCUT2D eigenvalue weighted by molar-refractivity contribution is -0.145. The summed E-state index contributed by atoms with van der Waals surface area (Å²) in [6.07, 6.45) is -0.737. The van der Waals surface area contributed by atoms with Gasteiger partial charge in [0.2, 0.25) is 5.91 Å². The van der Waals surface area contributed by atoms with E-state index in [0.29, 0.717) is 0 Å². The van der Waals surface area contributed by atoms with Gasteiger partial charge in [0.25, 0.3) is 0 Å². The quantitative estimate of drug-likeness (QED) is 0.455. The molecule has 19 heavy (non-hydrogen) atoms. The molecule has 0 aromatic heterocycles. The average molecular weight is 275 g/mol. The number of rotatable bonds is 7. The van der Waals surface area contributed by atoms with Gasteiger partial charge in [-0.1, -0.05) is 0 Å². The first-order valence-electron chi connectivity index (χ1n) is 5.52. The summed E-state index contributed by atoms with van der Waals surface area (Å²) < 4.78 is 0. The second-order valence-electron chi connectivity index (χ2n) is 3.63. The lowest BCUT2D eigenvalue weighted by Crippen LogP contribution is -2.50. The van der Waals surface area contributed by atoms with Gasteiger partial charge in [-0.2, -0.15) is 0 Å². The molecule has 0 saturated heterocycles. The molecular weight excluding hydrogens is 258 g/mol. The molecule has 0 aromatic rings. The second-order valence-corrected chi connectivity index (χ2v) is 3.63. The van der Waals surface area contributed by atoms with E-state index in [-0.39, 0.29) is 13.1 Å². The molecule has 0 spiro atoms. The van der Waals surface area contributed by atoms with Crippen LogP contribution in [0.2, 0.25) is 0 Å². The summed E-state index contributed by atoms with van der Waals surface area (Å²) in [6, 6.07) is -2.34. The third kappa shape index (κ3) is 6.24. The maximum absolute atomic E-state index is 11.7. The van der Waals surface area contributed by atoms with Crippen molar-refractivity contribution in [2.75, 3.05) is 20.1 Å². The summed E-state index contributed by atoms with van der Waals surface area (Å²) in [4.78, 5) is 45.2. The molecular formula is C10H17N3O6. The Morgan fingerprint density at radius 1 is 1.21 bits per heavy atom. The van der Waals surface area contributed by atoms with E-state index in [1.165, 1.54) is 7.05 Å². The molecule has 0 heterocycles. The van der Waals surface area contributed by atoms with Crippen molar-refractivity contribution in [2.45, 2.75) is 19.4 Å². The SMILES string of the molecule is CCN(CC(=O)NC)C(=O)N[C@@H](CC(=O)O)C(=O)O. The Morgan fingerprint density at radius 3 is 2.16 bits per heavy atom. The van der Waals surface area contributed by atoms with Crippen LogP contribution in [0.15, 0.2) is 0 Å². The van der Waals surface area contributed by atoms with Crippen LogP contribution in [0.5, 0.6) is 0 Å². The van der Waals surface area contributed by atoms with Crippen molar-refractivity contribution in [1.29, 1.82) is 0 Å². The number of carbonyl (C=O) groups excluding carboxylic acids is 2. The summed E-state index contributed by atoms with van der Waals surface area (Å²) >= 11 is 0. The zero-order valence-electron chi connectivity index (χ0n) is 10.7. The van der Waals surface area contributed by atoms with Gasteiger partial charge in [-0.3, -0.25) is 9.59 Å². The molecule has 3 amide bonds. The predicted octanol–water partition coefficient (Wildman–Crippen LogP) is -1.31. The fourth-order valence-corrected chi connectivity index (χ4v) is 1.19. The molecule has 0 fully saturated rings. The topological polar surface area (TPSA) is 136 Å². The number of hydrogen-bond donors (Lipinski definition) is 4. The Labute approximate surface area is 109 Å². The minimum absolute atomic E-state index is 0.179. The molecule has 0 aromatic carbocycles. The van der Waals surface area contributed by atoms with Crippen molar-refractivity contribution in [3.05, 3.63) is 0 Å². The molecule has 0 aliphatic rings. The fraction of sp³-hybridized carbons (Fsp3) is 0.600. The first-order chi connectivity index (χ1) is 8.81. The lowest BCUT2D eigenvalue weighted by Gasteiger charge is -2.22. The van der Waals surface area contributed by atoms with Crippen molar-refractivity contribution in [3.63, 3.8) is 0 Å². The number of nitrogens with zero attached hydrogens (tertiary/aromatic N) is 1. The summed E-state index contributed by atoms with van der Waals surface area (Å²) in [5.74, 6) is -3.21. The molecule has 0 unspecified atom stereocenters. The Kier molecular flexibility index (Phi) is 6.94. The number of carboxylic acid groups (broad SMARTS) is 2. The van der Waals surface area contributed by atoms with Crippen molar-refractivity contribution >= 4 is 23.9 Å². The van der Waals surface area contributed by atoms with Crippen LogP contribution in [0, 0.1) is 0 Å². The Balaban J connectivity index is 4.63. The van der Waals surface area contributed by atoms with E-state index >= 15 is 0 Å². The normalized spacial score (nSPS) is 11.3. The van der Waals surface area contributed by atoms with E-state index in [1.54, 1.807) is 6.92 Å². The van der Waals surface area contributed by atoms with Gasteiger partial charge >= 0.3 is 18.0 Å². The number of likely N-dealkylation sites (N-methyl/N-ethyl adjacent to an activating group) is 2. The highest BCUT2D eigenvalue weighted by molar-refractivity contribution is 5.88. The lowest BCUT2D eigenvalue weighted by atomic mass is 10.2. The van der Waals surface area contributed by atoms with Crippen molar-refractivity contribution in [1.82, 2.24) is 15.5 Å². The van der Waals surface area contributed by atoms with E-state index in [2.05, 4.69) is 10.6 Å². The minimum Gasteiger partial charge on any atom is -0.481 e. The van der Waals surface area contributed by atoms with E-state index in [4.69, 9.17) is 10.2 Å². The molecule has 1 atom stereocenters. The summed E-state index contributed by atoms with van der Waals surface area (Å²) in [7, 11) is 1.40. The molecule has 0 radical (unpaired) electrons. The monoisotopic (exact) mass is 275 g/mol. The molecule has 0 bridgehead atoms. The van der Waals surface area contributed by atoms with Crippen LogP contribution in [-0.4, -0.2) is 65.2 Å². The maximum atomic E-state index is 11.7. The van der Waals surface area contributed by atoms with Gasteiger partial charge in [0.1, 0.15) is 12.6 Å². The second kappa shape index (κ2) is 7.90. The van der Waals surface area contributed by atoms with Crippen molar-refractivity contribution in [2.24, 2.45) is 0 Å². The van der Waals surface area contributed by atoms with Gasteiger partial charge < -0.3 is 25.7 Å². The Morgan fingerprint density at radius 2 is 1.79 bits per heavy atom. The maximum Gasteiger partial charge on any atom is 0.326 e. The third-order valence-corrected chi connectivity index (χ3v) is 2.26. The Hall–Kier alpha value is -2.32. The number of nitrogens with one attached hydrogen (secondary N) is 2. The molecule has 0 aliphatic carbocycles. The smallest absolute Gasteiger partial charge is 0.326 e. The largest absolute Gasteiger partial charge is 0.481 e. The van der Waals surface area contributed by atoms with Crippen LogP contribution in [0.25, 0.3) is 0 Å².